The van der Waals surface area contributed by atoms with Gasteiger partial charge in [-0.15, -0.1) is 0 Å². The number of phenolic OH excluding ortho intramolecular Hbond substituents is 1. The summed E-state index contributed by atoms with van der Waals surface area (Å²) in [6.45, 7) is 8.78. The molecule has 0 saturated heterocycles. The molecule has 0 aliphatic carbocycles. The summed E-state index contributed by atoms with van der Waals surface area (Å²) in [6, 6.07) is 24.4. The van der Waals surface area contributed by atoms with E-state index in [0.717, 1.165) is 38.4 Å². The van der Waals surface area contributed by atoms with E-state index >= 15 is 0 Å². The van der Waals surface area contributed by atoms with Crippen LogP contribution in [0.4, 0.5) is 0 Å². The maximum Gasteiger partial charge on any atom is 0.128 e. The van der Waals surface area contributed by atoms with Gasteiger partial charge in [-0.3, -0.25) is 0 Å². The second-order valence-electron chi connectivity index (χ2n) is 8.41. The number of aromatic hydroxyl groups is 1. The molecular formula is C27H28O2. The fourth-order valence-electron chi connectivity index (χ4n) is 4.32. The highest BCUT2D eigenvalue weighted by Gasteiger charge is 2.23. The third-order valence-electron chi connectivity index (χ3n) is 5.63. The summed E-state index contributed by atoms with van der Waals surface area (Å²) in [5.74, 6) is 1.86. The third-order valence-corrected chi connectivity index (χ3v) is 5.63. The van der Waals surface area contributed by atoms with Gasteiger partial charge in [0.05, 0.1) is 0 Å². The largest absolute Gasteiger partial charge is 0.507 e. The smallest absolute Gasteiger partial charge is 0.128 e. The molecule has 0 unspecified atom stereocenters. The van der Waals surface area contributed by atoms with Crippen LogP contribution in [0.1, 0.15) is 27.7 Å². The highest BCUT2D eigenvalue weighted by Crippen LogP contribution is 2.45. The second kappa shape index (κ2) is 7.79. The summed E-state index contributed by atoms with van der Waals surface area (Å²) in [7, 11) is 0. The minimum Gasteiger partial charge on any atom is -0.507 e. The monoisotopic (exact) mass is 384 g/mol. The molecule has 4 aromatic carbocycles. The van der Waals surface area contributed by atoms with E-state index in [4.69, 9.17) is 4.74 Å². The van der Waals surface area contributed by atoms with E-state index in [1.807, 2.05) is 30.3 Å². The minimum absolute atomic E-state index is 0.0898. The minimum atomic E-state index is 0.0898. The summed E-state index contributed by atoms with van der Waals surface area (Å²) in [5.41, 5.74) is 1.80. The molecule has 0 aromatic heterocycles. The van der Waals surface area contributed by atoms with Crippen molar-refractivity contribution < 1.29 is 9.84 Å². The number of ether oxygens (including phenoxy) is 1. The lowest BCUT2D eigenvalue weighted by Crippen LogP contribution is -2.29. The van der Waals surface area contributed by atoms with Gasteiger partial charge >= 0.3 is 0 Å². The molecule has 1 N–H and O–H groups in total. The van der Waals surface area contributed by atoms with Crippen LogP contribution in [0.2, 0.25) is 0 Å². The van der Waals surface area contributed by atoms with Crippen molar-refractivity contribution in [3.8, 4) is 22.6 Å². The summed E-state index contributed by atoms with van der Waals surface area (Å²) < 4.78 is 6.62. The molecule has 4 aromatic rings. The molecule has 2 nitrogen and oxygen atoms in total. The quantitative estimate of drug-likeness (QED) is 0.388. The molecule has 0 atom stereocenters. The molecule has 0 heterocycles. The molecule has 148 valence electrons. The SMILES string of the molecule is CC(C)C(Oc1ccc2ccccc2c1-c1c(O)ccc2ccccc12)C(C)C. The van der Waals surface area contributed by atoms with Crippen molar-refractivity contribution in [3.05, 3.63) is 72.8 Å². The molecule has 4 rings (SSSR count). The van der Waals surface area contributed by atoms with E-state index in [-0.39, 0.29) is 11.9 Å². The van der Waals surface area contributed by atoms with Crippen LogP contribution in [0, 0.1) is 11.8 Å². The zero-order valence-corrected chi connectivity index (χ0v) is 17.5. The van der Waals surface area contributed by atoms with Crippen molar-refractivity contribution >= 4 is 21.5 Å². The van der Waals surface area contributed by atoms with Crippen LogP contribution < -0.4 is 4.74 Å². The van der Waals surface area contributed by atoms with E-state index in [1.165, 1.54) is 0 Å². The van der Waals surface area contributed by atoms with E-state index in [2.05, 4.69) is 64.1 Å². The van der Waals surface area contributed by atoms with Crippen molar-refractivity contribution in [1.29, 1.82) is 0 Å². The zero-order chi connectivity index (χ0) is 20.5. The van der Waals surface area contributed by atoms with E-state index in [0.29, 0.717) is 11.8 Å². The Labute approximate surface area is 172 Å². The summed E-state index contributed by atoms with van der Waals surface area (Å²) in [4.78, 5) is 0. The number of fused-ring (bicyclic) bond motifs is 2. The standard InChI is InChI=1S/C27H28O2/c1-17(2)27(18(3)4)29-24-16-14-20-10-6-8-12-22(20)26(24)25-21-11-7-5-9-19(21)13-15-23(25)28/h5-18,27-28H,1-4H3. The Morgan fingerprint density at radius 3 is 1.72 bits per heavy atom. The molecule has 29 heavy (non-hydrogen) atoms. The lowest BCUT2D eigenvalue weighted by molar-refractivity contribution is 0.106. The number of rotatable bonds is 5. The number of phenols is 1. The van der Waals surface area contributed by atoms with Gasteiger partial charge in [0.25, 0.3) is 0 Å². The molecule has 0 bridgehead atoms. The first-order valence-corrected chi connectivity index (χ1v) is 10.4. The van der Waals surface area contributed by atoms with Crippen LogP contribution in [0.25, 0.3) is 32.7 Å². The van der Waals surface area contributed by atoms with Crippen LogP contribution in [-0.4, -0.2) is 11.2 Å². The number of hydrogen-bond donors (Lipinski definition) is 1. The first kappa shape index (κ1) is 19.3. The summed E-state index contributed by atoms with van der Waals surface area (Å²) in [6.07, 6.45) is 0.0898. The van der Waals surface area contributed by atoms with Crippen LogP contribution in [0.15, 0.2) is 72.8 Å². The van der Waals surface area contributed by atoms with Crippen molar-refractivity contribution in [1.82, 2.24) is 0 Å². The molecule has 2 heteroatoms. The van der Waals surface area contributed by atoms with Gasteiger partial charge in [0.2, 0.25) is 0 Å². The van der Waals surface area contributed by atoms with E-state index in [9.17, 15) is 5.11 Å². The molecule has 0 aliphatic rings. The fourth-order valence-corrected chi connectivity index (χ4v) is 4.32. The third kappa shape index (κ3) is 3.55. The number of hydrogen-bond acceptors (Lipinski definition) is 2. The fraction of sp³-hybridized carbons (Fsp3) is 0.259. The van der Waals surface area contributed by atoms with Crippen LogP contribution >= 0.6 is 0 Å². The molecule has 0 spiro atoms. The number of benzene rings is 4. The Kier molecular flexibility index (Phi) is 5.19. The highest BCUT2D eigenvalue weighted by atomic mass is 16.5. The van der Waals surface area contributed by atoms with Gasteiger partial charge in [-0.1, -0.05) is 88.4 Å². The van der Waals surface area contributed by atoms with Crippen molar-refractivity contribution in [3.63, 3.8) is 0 Å². The van der Waals surface area contributed by atoms with Gasteiger partial charge in [-0.2, -0.15) is 0 Å². The summed E-state index contributed by atoms with van der Waals surface area (Å²) in [5, 5.41) is 15.3. The van der Waals surface area contributed by atoms with Crippen LogP contribution in [0.3, 0.4) is 0 Å². The lowest BCUT2D eigenvalue weighted by Gasteiger charge is -2.28. The Morgan fingerprint density at radius 2 is 1.14 bits per heavy atom. The van der Waals surface area contributed by atoms with Gasteiger partial charge in [0, 0.05) is 11.1 Å². The first-order chi connectivity index (χ1) is 14.0. The molecule has 0 radical (unpaired) electrons. The summed E-state index contributed by atoms with van der Waals surface area (Å²) >= 11 is 0. The average molecular weight is 385 g/mol. The highest BCUT2D eigenvalue weighted by molar-refractivity contribution is 6.09. The van der Waals surface area contributed by atoms with Gasteiger partial charge in [0.1, 0.15) is 17.6 Å². The van der Waals surface area contributed by atoms with Gasteiger partial charge in [-0.25, -0.2) is 0 Å². The first-order valence-electron chi connectivity index (χ1n) is 10.4. The molecule has 0 saturated carbocycles. The predicted octanol–water partition coefficient (Wildman–Crippen LogP) is 7.43. The Morgan fingerprint density at radius 1 is 0.621 bits per heavy atom. The topological polar surface area (TPSA) is 29.5 Å². The van der Waals surface area contributed by atoms with E-state index < -0.39 is 0 Å². The lowest BCUT2D eigenvalue weighted by atomic mass is 9.91. The van der Waals surface area contributed by atoms with E-state index in [1.54, 1.807) is 6.07 Å². The second-order valence-corrected chi connectivity index (χ2v) is 8.41. The predicted molar refractivity (Wildman–Crippen MR) is 123 cm³/mol. The van der Waals surface area contributed by atoms with Crippen molar-refractivity contribution in [2.45, 2.75) is 33.8 Å². The Bertz CT molecular complexity index is 1150. The molecule has 0 amide bonds. The molecule has 0 fully saturated rings. The van der Waals surface area contributed by atoms with Crippen LogP contribution in [0.5, 0.6) is 11.5 Å². The van der Waals surface area contributed by atoms with Gasteiger partial charge in [0.15, 0.2) is 0 Å². The van der Waals surface area contributed by atoms with Gasteiger partial charge in [-0.05, 0) is 45.5 Å². The molecular weight excluding hydrogens is 356 g/mol. The Balaban J connectivity index is 2.04. The average Bonchev–Trinajstić information content (AvgIpc) is 2.71. The van der Waals surface area contributed by atoms with Crippen LogP contribution in [-0.2, 0) is 0 Å². The van der Waals surface area contributed by atoms with Gasteiger partial charge < -0.3 is 9.84 Å². The Hall–Kier alpha value is -3.00. The van der Waals surface area contributed by atoms with Crippen molar-refractivity contribution in [2.24, 2.45) is 11.8 Å². The maximum absolute atomic E-state index is 10.9. The maximum atomic E-state index is 10.9. The van der Waals surface area contributed by atoms with Crippen molar-refractivity contribution in [2.75, 3.05) is 0 Å². The normalized spacial score (nSPS) is 11.8. The zero-order valence-electron chi connectivity index (χ0n) is 17.5. The molecule has 0 aliphatic heterocycles.